The van der Waals surface area contributed by atoms with Gasteiger partial charge in [0, 0.05) is 25.9 Å². The summed E-state index contributed by atoms with van der Waals surface area (Å²) in [5.41, 5.74) is 0.466. The van der Waals surface area contributed by atoms with E-state index < -0.39 is 5.60 Å². The highest BCUT2D eigenvalue weighted by atomic mass is 35.5. The first-order valence-corrected chi connectivity index (χ1v) is 7.60. The van der Waals surface area contributed by atoms with Gasteiger partial charge < -0.3 is 20.7 Å². The second kappa shape index (κ2) is 11.5. The first kappa shape index (κ1) is 22.0. The smallest absolute Gasteiger partial charge is 0.252 e. The fraction of sp³-hybridized carbons (Fsp3) is 0.562. The second-order valence-electron chi connectivity index (χ2n) is 5.35. The van der Waals surface area contributed by atoms with Crippen LogP contribution in [0.15, 0.2) is 30.3 Å². The van der Waals surface area contributed by atoms with E-state index in [1.54, 1.807) is 7.11 Å². The van der Waals surface area contributed by atoms with E-state index in [-0.39, 0.29) is 30.7 Å². The van der Waals surface area contributed by atoms with Crippen molar-refractivity contribution in [3.8, 4) is 0 Å². The van der Waals surface area contributed by atoms with Gasteiger partial charge in [-0.1, -0.05) is 18.2 Å². The molecular weight excluding hydrogens is 337 g/mol. The summed E-state index contributed by atoms with van der Waals surface area (Å²) in [6.07, 6.45) is 2.36. The predicted molar refractivity (Wildman–Crippen MR) is 98.9 cm³/mol. The van der Waals surface area contributed by atoms with Gasteiger partial charge in [0.2, 0.25) is 0 Å². The summed E-state index contributed by atoms with van der Waals surface area (Å²) in [6.45, 7) is 3.16. The third kappa shape index (κ3) is 6.55. The Kier molecular flexibility index (Phi) is 11.0. The van der Waals surface area contributed by atoms with E-state index in [0.717, 1.165) is 44.6 Å². The molecule has 1 aliphatic rings. The van der Waals surface area contributed by atoms with Gasteiger partial charge in [-0.25, -0.2) is 0 Å². The number of hydrogen-bond acceptors (Lipinski definition) is 4. The lowest BCUT2D eigenvalue weighted by Crippen LogP contribution is -2.54. The van der Waals surface area contributed by atoms with Crippen molar-refractivity contribution in [1.82, 2.24) is 10.6 Å². The molecule has 1 aliphatic heterocycles. The molecule has 0 aromatic heterocycles. The Bertz CT molecular complexity index is 440. The molecule has 0 bridgehead atoms. The summed E-state index contributed by atoms with van der Waals surface area (Å²) in [4.78, 5) is 12.3. The number of halogens is 2. The number of methoxy groups -OCH3 is 1. The SMILES string of the molecule is COC1(C(=O)NCCCNc2ccccc2)CCNCC1.Cl.Cl. The highest BCUT2D eigenvalue weighted by molar-refractivity contribution is 5.86. The van der Waals surface area contributed by atoms with Crippen LogP contribution in [-0.2, 0) is 9.53 Å². The van der Waals surface area contributed by atoms with Gasteiger partial charge in [0.15, 0.2) is 0 Å². The van der Waals surface area contributed by atoms with E-state index in [0.29, 0.717) is 6.54 Å². The summed E-state index contributed by atoms with van der Waals surface area (Å²) < 4.78 is 5.50. The average molecular weight is 364 g/mol. The lowest BCUT2D eigenvalue weighted by Gasteiger charge is -2.34. The first-order chi connectivity index (χ1) is 10.3. The van der Waals surface area contributed by atoms with E-state index in [2.05, 4.69) is 16.0 Å². The highest BCUT2D eigenvalue weighted by Gasteiger charge is 2.39. The van der Waals surface area contributed by atoms with Crippen molar-refractivity contribution in [3.63, 3.8) is 0 Å². The second-order valence-corrected chi connectivity index (χ2v) is 5.35. The van der Waals surface area contributed by atoms with E-state index in [4.69, 9.17) is 4.74 Å². The number of rotatable bonds is 7. The van der Waals surface area contributed by atoms with Crippen LogP contribution in [0.1, 0.15) is 19.3 Å². The van der Waals surface area contributed by atoms with Gasteiger partial charge in [-0.3, -0.25) is 4.79 Å². The molecule has 1 saturated heterocycles. The van der Waals surface area contributed by atoms with Crippen LogP contribution in [0.2, 0.25) is 0 Å². The molecule has 1 amide bonds. The molecule has 0 radical (unpaired) electrons. The number of hydrogen-bond donors (Lipinski definition) is 3. The summed E-state index contributed by atoms with van der Waals surface area (Å²) in [5.74, 6) is 0.0196. The number of piperidine rings is 1. The molecule has 5 nitrogen and oxygen atoms in total. The standard InChI is InChI=1S/C16H25N3O2.2ClH/c1-21-16(8-12-17-13-9-16)15(20)19-11-5-10-18-14-6-3-2-4-7-14;;/h2-4,6-7,17-18H,5,8-13H2,1H3,(H,19,20);2*1H. The van der Waals surface area contributed by atoms with E-state index >= 15 is 0 Å². The minimum Gasteiger partial charge on any atom is -0.385 e. The molecule has 23 heavy (non-hydrogen) atoms. The summed E-state index contributed by atoms with van der Waals surface area (Å²) in [6, 6.07) is 10.1. The monoisotopic (exact) mass is 363 g/mol. The van der Waals surface area contributed by atoms with Crippen LogP contribution < -0.4 is 16.0 Å². The zero-order chi connectivity index (χ0) is 15.0. The van der Waals surface area contributed by atoms with Gasteiger partial charge in [-0.05, 0) is 44.5 Å². The third-order valence-corrected chi connectivity index (χ3v) is 3.96. The summed E-state index contributed by atoms with van der Waals surface area (Å²) in [7, 11) is 1.63. The van der Waals surface area contributed by atoms with Crippen LogP contribution in [0.5, 0.6) is 0 Å². The Morgan fingerprint density at radius 2 is 1.83 bits per heavy atom. The van der Waals surface area contributed by atoms with Crippen molar-refractivity contribution in [2.75, 3.05) is 38.6 Å². The summed E-state index contributed by atoms with van der Waals surface area (Å²) in [5, 5.41) is 9.58. The Labute approximate surface area is 150 Å². The van der Waals surface area contributed by atoms with Gasteiger partial charge in [-0.2, -0.15) is 0 Å². The predicted octanol–water partition coefficient (Wildman–Crippen LogP) is 2.22. The van der Waals surface area contributed by atoms with E-state index in [1.165, 1.54) is 0 Å². The van der Waals surface area contributed by atoms with Crippen LogP contribution in [0.25, 0.3) is 0 Å². The van der Waals surface area contributed by atoms with Crippen molar-refractivity contribution in [1.29, 1.82) is 0 Å². The molecule has 7 heteroatoms. The lowest BCUT2D eigenvalue weighted by atomic mass is 9.91. The molecule has 1 heterocycles. The summed E-state index contributed by atoms with van der Waals surface area (Å²) >= 11 is 0. The van der Waals surface area contributed by atoms with Crippen LogP contribution in [0.4, 0.5) is 5.69 Å². The van der Waals surface area contributed by atoms with Crippen molar-refractivity contribution in [2.24, 2.45) is 0 Å². The highest BCUT2D eigenvalue weighted by Crippen LogP contribution is 2.22. The molecule has 132 valence electrons. The van der Waals surface area contributed by atoms with E-state index in [1.807, 2.05) is 30.3 Å². The van der Waals surface area contributed by atoms with Crippen LogP contribution in [-0.4, -0.2) is 44.8 Å². The Morgan fingerprint density at radius 1 is 1.17 bits per heavy atom. The molecule has 0 saturated carbocycles. The minimum absolute atomic E-state index is 0. The number of benzene rings is 1. The molecule has 0 unspecified atom stereocenters. The molecular formula is C16H27Cl2N3O2. The number of para-hydroxylation sites is 1. The van der Waals surface area contributed by atoms with Crippen molar-refractivity contribution < 1.29 is 9.53 Å². The van der Waals surface area contributed by atoms with Gasteiger partial charge in [0.1, 0.15) is 5.60 Å². The molecule has 1 aromatic rings. The lowest BCUT2D eigenvalue weighted by molar-refractivity contribution is -0.146. The number of anilines is 1. The number of carbonyl (C=O) groups excluding carboxylic acids is 1. The van der Waals surface area contributed by atoms with Gasteiger partial charge in [-0.15, -0.1) is 24.8 Å². The molecule has 3 N–H and O–H groups in total. The third-order valence-electron chi connectivity index (χ3n) is 3.96. The fourth-order valence-corrected chi connectivity index (χ4v) is 2.59. The number of nitrogens with one attached hydrogen (secondary N) is 3. The topological polar surface area (TPSA) is 62.4 Å². The van der Waals surface area contributed by atoms with Crippen LogP contribution in [0, 0.1) is 0 Å². The number of ether oxygens (including phenoxy) is 1. The van der Waals surface area contributed by atoms with Gasteiger partial charge >= 0.3 is 0 Å². The quantitative estimate of drug-likeness (QED) is 0.650. The average Bonchev–Trinajstić information content (AvgIpc) is 2.56. The first-order valence-electron chi connectivity index (χ1n) is 7.60. The maximum atomic E-state index is 12.3. The Morgan fingerprint density at radius 3 is 2.43 bits per heavy atom. The molecule has 1 aromatic carbocycles. The van der Waals surface area contributed by atoms with Gasteiger partial charge in [0.05, 0.1) is 0 Å². The van der Waals surface area contributed by atoms with Gasteiger partial charge in [0.25, 0.3) is 5.91 Å². The van der Waals surface area contributed by atoms with Crippen LogP contribution in [0.3, 0.4) is 0 Å². The minimum atomic E-state index is -0.641. The maximum Gasteiger partial charge on any atom is 0.252 e. The van der Waals surface area contributed by atoms with E-state index in [9.17, 15) is 4.79 Å². The molecule has 1 fully saturated rings. The van der Waals surface area contributed by atoms with Crippen LogP contribution >= 0.6 is 24.8 Å². The molecule has 2 rings (SSSR count). The normalized spacial score (nSPS) is 15.7. The fourth-order valence-electron chi connectivity index (χ4n) is 2.59. The largest absolute Gasteiger partial charge is 0.385 e. The molecule has 0 atom stereocenters. The van der Waals surface area contributed by atoms with Crippen molar-refractivity contribution in [2.45, 2.75) is 24.9 Å². The maximum absolute atomic E-state index is 12.3. The number of carbonyl (C=O) groups is 1. The Balaban J connectivity index is 0.00000242. The van der Waals surface area contributed by atoms with Crippen molar-refractivity contribution in [3.05, 3.63) is 30.3 Å². The zero-order valence-electron chi connectivity index (χ0n) is 13.5. The molecule has 0 spiro atoms. The zero-order valence-corrected chi connectivity index (χ0v) is 15.1. The molecule has 0 aliphatic carbocycles. The number of amides is 1. The Hall–Kier alpha value is -1.01. The van der Waals surface area contributed by atoms with Crippen molar-refractivity contribution >= 4 is 36.4 Å².